The summed E-state index contributed by atoms with van der Waals surface area (Å²) >= 11 is 0. The molecule has 0 amide bonds. The molecule has 1 unspecified atom stereocenters. The molecule has 0 aliphatic heterocycles. The van der Waals surface area contributed by atoms with E-state index in [4.69, 9.17) is 0 Å². The summed E-state index contributed by atoms with van der Waals surface area (Å²) in [5, 5.41) is -0.311. The fourth-order valence-electron chi connectivity index (χ4n) is 3.58. The molecule has 134 valence electrons. The Bertz CT molecular complexity index is 943. The maximum atomic E-state index is 3.14. The van der Waals surface area contributed by atoms with Crippen LogP contribution in [0.5, 0.6) is 0 Å². The molecule has 1 nitrogen and oxygen atoms in total. The average Bonchev–Trinajstić information content (AvgIpc) is 2.75. The van der Waals surface area contributed by atoms with Crippen LogP contribution >= 0.6 is 9.24 Å². The van der Waals surface area contributed by atoms with Crippen LogP contribution in [0.15, 0.2) is 115 Å². The molecule has 4 rings (SSSR count). The lowest BCUT2D eigenvalue weighted by Crippen LogP contribution is -2.22. The van der Waals surface area contributed by atoms with Gasteiger partial charge < -0.3 is 6.15 Å². The molecule has 3 N–H and O–H groups in total. The van der Waals surface area contributed by atoms with E-state index in [1.54, 1.807) is 0 Å². The fourth-order valence-corrected chi connectivity index (χ4v) is 4.21. The summed E-state index contributed by atoms with van der Waals surface area (Å²) in [4.78, 5) is 0. The van der Waals surface area contributed by atoms with E-state index < -0.39 is 0 Å². The molecule has 0 aliphatic rings. The first kappa shape index (κ1) is 19.0. The van der Waals surface area contributed by atoms with Gasteiger partial charge in [-0.05, 0) is 27.8 Å². The third-order valence-electron chi connectivity index (χ3n) is 4.89. The standard InChI is InChI=1S/C25H21P.H3N/c26-25(21-14-6-2-7-15-21,22-16-8-3-9-17-22)24-19-11-10-18-23(24)20-12-4-1-5-13-20;/h1-19H,26H2;1H3. The molecular weight excluding hydrogens is 345 g/mol. The second-order valence-corrected chi connectivity index (χ2v) is 7.32. The van der Waals surface area contributed by atoms with Crippen LogP contribution in [0.25, 0.3) is 11.1 Å². The molecule has 0 fully saturated rings. The summed E-state index contributed by atoms with van der Waals surface area (Å²) in [6.45, 7) is 0. The summed E-state index contributed by atoms with van der Waals surface area (Å²) in [7, 11) is 3.14. The smallest absolute Gasteiger partial charge is 0.0597 e. The number of rotatable bonds is 4. The highest BCUT2D eigenvalue weighted by Crippen LogP contribution is 2.48. The molecule has 0 bridgehead atoms. The quantitative estimate of drug-likeness (QED) is 0.316. The first-order valence-corrected chi connectivity index (χ1v) is 9.43. The summed E-state index contributed by atoms with van der Waals surface area (Å²) in [5.41, 5.74) is 6.31. The molecule has 0 aliphatic carbocycles. The monoisotopic (exact) mass is 369 g/mol. The van der Waals surface area contributed by atoms with Crippen molar-refractivity contribution in [2.24, 2.45) is 0 Å². The lowest BCUT2D eigenvalue weighted by atomic mass is 9.80. The highest BCUT2D eigenvalue weighted by Gasteiger charge is 2.33. The van der Waals surface area contributed by atoms with Gasteiger partial charge in [-0.25, -0.2) is 0 Å². The van der Waals surface area contributed by atoms with Gasteiger partial charge in [-0.3, -0.25) is 0 Å². The molecule has 2 heteroatoms. The molecule has 0 saturated heterocycles. The Morgan fingerprint density at radius 2 is 0.889 bits per heavy atom. The van der Waals surface area contributed by atoms with E-state index in [2.05, 4.69) is 125 Å². The second kappa shape index (κ2) is 8.31. The third kappa shape index (κ3) is 3.57. The highest BCUT2D eigenvalue weighted by molar-refractivity contribution is 7.19. The van der Waals surface area contributed by atoms with Gasteiger partial charge in [-0.2, -0.15) is 0 Å². The van der Waals surface area contributed by atoms with Gasteiger partial charge >= 0.3 is 0 Å². The Kier molecular flexibility index (Phi) is 5.86. The zero-order valence-electron chi connectivity index (χ0n) is 15.3. The molecular formula is C25H24NP. The Morgan fingerprint density at radius 3 is 1.41 bits per heavy atom. The zero-order chi connectivity index (χ0) is 17.8. The van der Waals surface area contributed by atoms with Crippen LogP contribution in [0, 0.1) is 0 Å². The topological polar surface area (TPSA) is 35.0 Å². The molecule has 0 aromatic heterocycles. The lowest BCUT2D eigenvalue weighted by molar-refractivity contribution is 0.899. The van der Waals surface area contributed by atoms with Crippen molar-refractivity contribution in [1.29, 1.82) is 0 Å². The lowest BCUT2D eigenvalue weighted by Gasteiger charge is -2.33. The molecule has 0 saturated carbocycles. The van der Waals surface area contributed by atoms with Gasteiger partial charge in [-0.1, -0.05) is 115 Å². The van der Waals surface area contributed by atoms with Crippen molar-refractivity contribution < 1.29 is 0 Å². The largest absolute Gasteiger partial charge is 0.344 e. The molecule has 0 spiro atoms. The molecule has 0 heterocycles. The zero-order valence-corrected chi connectivity index (χ0v) is 16.4. The average molecular weight is 369 g/mol. The predicted molar refractivity (Wildman–Crippen MR) is 119 cm³/mol. The third-order valence-corrected chi connectivity index (χ3v) is 5.87. The van der Waals surface area contributed by atoms with E-state index in [0.717, 1.165) is 0 Å². The van der Waals surface area contributed by atoms with Crippen molar-refractivity contribution in [3.05, 3.63) is 132 Å². The number of hydrogen-bond donors (Lipinski definition) is 1. The second-order valence-electron chi connectivity index (χ2n) is 6.45. The highest BCUT2D eigenvalue weighted by atomic mass is 31.0. The van der Waals surface area contributed by atoms with E-state index in [1.807, 2.05) is 0 Å². The number of benzene rings is 4. The van der Waals surface area contributed by atoms with Crippen molar-refractivity contribution >= 4 is 9.24 Å². The molecule has 1 atom stereocenters. The molecule has 4 aromatic rings. The first-order chi connectivity index (χ1) is 12.8. The predicted octanol–water partition coefficient (Wildman–Crippen LogP) is 6.68. The van der Waals surface area contributed by atoms with E-state index in [1.165, 1.54) is 27.8 Å². The normalized spacial score (nSPS) is 10.9. The van der Waals surface area contributed by atoms with Gasteiger partial charge in [0.2, 0.25) is 0 Å². The molecule has 27 heavy (non-hydrogen) atoms. The van der Waals surface area contributed by atoms with Crippen LogP contribution < -0.4 is 6.15 Å². The van der Waals surface area contributed by atoms with Gasteiger partial charge in [0.05, 0.1) is 5.16 Å². The summed E-state index contributed by atoms with van der Waals surface area (Å²) < 4.78 is 0. The van der Waals surface area contributed by atoms with Crippen molar-refractivity contribution in [3.63, 3.8) is 0 Å². The SMILES string of the molecule is N.PC(c1ccccc1)(c1ccccc1)c1ccccc1-c1ccccc1. The summed E-state index contributed by atoms with van der Waals surface area (Å²) in [6.07, 6.45) is 0. The number of hydrogen-bond acceptors (Lipinski definition) is 1. The Labute approximate surface area is 163 Å². The van der Waals surface area contributed by atoms with Gasteiger partial charge in [0, 0.05) is 0 Å². The Balaban J connectivity index is 0.00000210. The molecule has 4 aromatic carbocycles. The minimum absolute atomic E-state index is 0. The van der Waals surface area contributed by atoms with Crippen LogP contribution in [0.1, 0.15) is 16.7 Å². The fraction of sp³-hybridized carbons (Fsp3) is 0.0400. The van der Waals surface area contributed by atoms with E-state index in [-0.39, 0.29) is 11.3 Å². The summed E-state index contributed by atoms with van der Waals surface area (Å²) in [5.74, 6) is 0. The van der Waals surface area contributed by atoms with Crippen molar-refractivity contribution in [1.82, 2.24) is 6.15 Å². The van der Waals surface area contributed by atoms with Crippen molar-refractivity contribution in [3.8, 4) is 11.1 Å². The van der Waals surface area contributed by atoms with Crippen LogP contribution in [0.2, 0.25) is 0 Å². The van der Waals surface area contributed by atoms with E-state index >= 15 is 0 Å². The van der Waals surface area contributed by atoms with E-state index in [9.17, 15) is 0 Å². The van der Waals surface area contributed by atoms with Crippen molar-refractivity contribution in [2.75, 3.05) is 0 Å². The van der Waals surface area contributed by atoms with Gasteiger partial charge in [0.15, 0.2) is 0 Å². The van der Waals surface area contributed by atoms with Crippen LogP contribution in [0.4, 0.5) is 0 Å². The van der Waals surface area contributed by atoms with E-state index in [0.29, 0.717) is 0 Å². The Morgan fingerprint density at radius 1 is 0.481 bits per heavy atom. The van der Waals surface area contributed by atoms with Gasteiger partial charge in [0.25, 0.3) is 0 Å². The first-order valence-electron chi connectivity index (χ1n) is 8.85. The summed E-state index contributed by atoms with van der Waals surface area (Å²) in [6, 6.07) is 40.8. The molecule has 0 radical (unpaired) electrons. The van der Waals surface area contributed by atoms with Crippen molar-refractivity contribution in [2.45, 2.75) is 5.16 Å². The van der Waals surface area contributed by atoms with Gasteiger partial charge in [0.1, 0.15) is 0 Å². The van der Waals surface area contributed by atoms with Crippen LogP contribution in [-0.2, 0) is 5.16 Å². The van der Waals surface area contributed by atoms with Crippen LogP contribution in [0.3, 0.4) is 0 Å². The maximum Gasteiger partial charge on any atom is 0.0597 e. The minimum atomic E-state index is -0.311. The minimum Gasteiger partial charge on any atom is -0.344 e. The Hall–Kier alpha value is -2.73. The van der Waals surface area contributed by atoms with Gasteiger partial charge in [-0.15, -0.1) is 9.24 Å². The maximum absolute atomic E-state index is 3.14. The van der Waals surface area contributed by atoms with Crippen LogP contribution in [-0.4, -0.2) is 0 Å².